The Morgan fingerprint density at radius 2 is 2.15 bits per heavy atom. The van der Waals surface area contributed by atoms with Crippen molar-refractivity contribution >= 4 is 29.3 Å². The van der Waals surface area contributed by atoms with Crippen molar-refractivity contribution < 1.29 is 18.7 Å². The zero-order chi connectivity index (χ0) is 18.7. The number of terminal acetylenes is 1. The van der Waals surface area contributed by atoms with Crippen LogP contribution in [0.2, 0.25) is 0 Å². The topological polar surface area (TPSA) is 84.7 Å². The number of anilines is 3. The highest BCUT2D eigenvalue weighted by Gasteiger charge is 2.24. The number of nitrogens with two attached hydrogens (primary N) is 1. The van der Waals surface area contributed by atoms with Crippen LogP contribution in [0, 0.1) is 18.2 Å². The van der Waals surface area contributed by atoms with E-state index in [0.717, 1.165) is 6.07 Å². The number of allylic oxidation sites excluding steroid dienone is 1. The Bertz CT molecular complexity index is 963. The first-order chi connectivity index (χ1) is 12.5. The van der Waals surface area contributed by atoms with E-state index >= 15 is 0 Å². The van der Waals surface area contributed by atoms with E-state index in [2.05, 4.69) is 11.2 Å². The van der Waals surface area contributed by atoms with Crippen LogP contribution in [0.1, 0.15) is 10.4 Å². The van der Waals surface area contributed by atoms with E-state index in [1.54, 1.807) is 18.2 Å². The molecule has 130 valence electrons. The second-order valence-electron chi connectivity index (χ2n) is 5.41. The van der Waals surface area contributed by atoms with Crippen LogP contribution in [0.15, 0.2) is 48.4 Å². The van der Waals surface area contributed by atoms with Gasteiger partial charge in [-0.25, -0.2) is 4.39 Å². The molecule has 1 amide bonds. The lowest BCUT2D eigenvalue weighted by atomic mass is 10.1. The molecule has 26 heavy (non-hydrogen) atoms. The summed E-state index contributed by atoms with van der Waals surface area (Å²) >= 11 is 0. The van der Waals surface area contributed by atoms with Gasteiger partial charge in [-0.1, -0.05) is 18.1 Å². The number of hydrogen-bond donors (Lipinski definition) is 2. The SMILES string of the molecule is C#CCN1C(C=O)=COc2cc(F)c(NC(=O)c3ccccc3N)cc21. The third-order valence-corrected chi connectivity index (χ3v) is 3.78. The molecule has 6 nitrogen and oxygen atoms in total. The lowest BCUT2D eigenvalue weighted by molar-refractivity contribution is -0.105. The van der Waals surface area contributed by atoms with Gasteiger partial charge in [-0.2, -0.15) is 0 Å². The minimum absolute atomic E-state index is 0.0750. The normalized spacial score (nSPS) is 12.3. The maximum absolute atomic E-state index is 14.4. The molecule has 0 atom stereocenters. The van der Waals surface area contributed by atoms with Gasteiger partial charge in [0.05, 0.1) is 23.5 Å². The monoisotopic (exact) mass is 351 g/mol. The molecule has 2 aromatic carbocycles. The molecule has 0 bridgehead atoms. The Morgan fingerprint density at radius 3 is 2.85 bits per heavy atom. The van der Waals surface area contributed by atoms with Gasteiger partial charge in [-0.15, -0.1) is 6.42 Å². The summed E-state index contributed by atoms with van der Waals surface area (Å²) in [4.78, 5) is 25.1. The quantitative estimate of drug-likeness (QED) is 0.502. The van der Waals surface area contributed by atoms with Gasteiger partial charge in [0, 0.05) is 11.8 Å². The van der Waals surface area contributed by atoms with Crippen LogP contribution in [0.4, 0.5) is 21.5 Å². The number of amides is 1. The van der Waals surface area contributed by atoms with E-state index in [0.29, 0.717) is 12.0 Å². The average Bonchev–Trinajstić information content (AvgIpc) is 2.63. The molecule has 1 aliphatic heterocycles. The molecule has 1 aliphatic rings. The predicted octanol–water partition coefficient (Wildman–Crippen LogP) is 2.53. The van der Waals surface area contributed by atoms with Gasteiger partial charge >= 0.3 is 0 Å². The van der Waals surface area contributed by atoms with Crippen molar-refractivity contribution in [1.29, 1.82) is 0 Å². The fraction of sp³-hybridized carbons (Fsp3) is 0.0526. The van der Waals surface area contributed by atoms with Crippen LogP contribution in [0.25, 0.3) is 0 Å². The molecule has 0 fully saturated rings. The number of rotatable bonds is 4. The number of aldehydes is 1. The minimum atomic E-state index is -0.699. The third-order valence-electron chi connectivity index (χ3n) is 3.78. The van der Waals surface area contributed by atoms with Crippen LogP contribution < -0.4 is 20.7 Å². The standard InChI is InChI=1S/C19H14FN3O3/c1-2-7-23-12(10-24)11-26-18-8-14(20)16(9-17(18)23)22-19(25)13-5-3-4-6-15(13)21/h1,3-6,8-11H,7,21H2,(H,22,25). The second kappa shape index (κ2) is 6.99. The maximum atomic E-state index is 14.4. The molecule has 0 saturated heterocycles. The number of carbonyl (C=O) groups excluding carboxylic acids is 2. The molecular formula is C19H14FN3O3. The molecule has 3 rings (SSSR count). The number of nitrogen functional groups attached to an aromatic ring is 1. The van der Waals surface area contributed by atoms with Crippen LogP contribution in [-0.2, 0) is 4.79 Å². The largest absolute Gasteiger partial charge is 0.460 e. The summed E-state index contributed by atoms with van der Waals surface area (Å²) in [5.74, 6) is 1.34. The Morgan fingerprint density at radius 1 is 1.38 bits per heavy atom. The number of fused-ring (bicyclic) bond motifs is 1. The fourth-order valence-corrected chi connectivity index (χ4v) is 2.52. The average molecular weight is 351 g/mol. The Balaban J connectivity index is 1.97. The number of benzene rings is 2. The zero-order valence-electron chi connectivity index (χ0n) is 13.5. The van der Waals surface area contributed by atoms with Gasteiger partial charge in [0.15, 0.2) is 17.9 Å². The summed E-state index contributed by atoms with van der Waals surface area (Å²) in [6.07, 6.45) is 7.11. The Kier molecular flexibility index (Phi) is 4.58. The predicted molar refractivity (Wildman–Crippen MR) is 96.2 cm³/mol. The molecule has 2 aromatic rings. The van der Waals surface area contributed by atoms with E-state index in [9.17, 15) is 14.0 Å². The van der Waals surface area contributed by atoms with Crippen molar-refractivity contribution in [1.82, 2.24) is 0 Å². The maximum Gasteiger partial charge on any atom is 0.257 e. The fourth-order valence-electron chi connectivity index (χ4n) is 2.52. The van der Waals surface area contributed by atoms with E-state index < -0.39 is 11.7 Å². The number of nitrogens with zero attached hydrogens (tertiary/aromatic N) is 1. The van der Waals surface area contributed by atoms with Crippen LogP contribution >= 0.6 is 0 Å². The van der Waals surface area contributed by atoms with Crippen molar-refractivity contribution in [2.45, 2.75) is 0 Å². The van der Waals surface area contributed by atoms with Gasteiger partial charge in [-0.05, 0) is 18.2 Å². The van der Waals surface area contributed by atoms with Crippen LogP contribution in [0.5, 0.6) is 5.75 Å². The lowest BCUT2D eigenvalue weighted by Crippen LogP contribution is -2.27. The number of nitrogens with one attached hydrogen (secondary N) is 1. The summed E-state index contributed by atoms with van der Waals surface area (Å²) in [5.41, 5.74) is 6.72. The number of hydrogen-bond acceptors (Lipinski definition) is 5. The molecule has 0 unspecified atom stereocenters. The minimum Gasteiger partial charge on any atom is -0.460 e. The lowest BCUT2D eigenvalue weighted by Gasteiger charge is -2.28. The molecule has 0 saturated carbocycles. The highest BCUT2D eigenvalue weighted by molar-refractivity contribution is 6.08. The summed E-state index contributed by atoms with van der Waals surface area (Å²) in [5, 5.41) is 2.48. The zero-order valence-corrected chi connectivity index (χ0v) is 13.5. The summed E-state index contributed by atoms with van der Waals surface area (Å²) in [6, 6.07) is 8.91. The second-order valence-corrected chi connectivity index (χ2v) is 5.41. The molecule has 0 spiro atoms. The smallest absolute Gasteiger partial charge is 0.257 e. The number of para-hydroxylation sites is 1. The summed E-state index contributed by atoms with van der Waals surface area (Å²) < 4.78 is 19.6. The Labute approximate surface area is 149 Å². The summed E-state index contributed by atoms with van der Waals surface area (Å²) in [6.45, 7) is 0.0750. The van der Waals surface area contributed by atoms with Crippen LogP contribution in [-0.4, -0.2) is 18.7 Å². The van der Waals surface area contributed by atoms with Crippen molar-refractivity contribution in [3.8, 4) is 18.1 Å². The highest BCUT2D eigenvalue weighted by atomic mass is 19.1. The summed E-state index contributed by atoms with van der Waals surface area (Å²) in [7, 11) is 0. The first-order valence-corrected chi connectivity index (χ1v) is 7.57. The highest BCUT2D eigenvalue weighted by Crippen LogP contribution is 2.38. The number of halogens is 1. The van der Waals surface area contributed by atoms with Crippen molar-refractivity contribution in [2.24, 2.45) is 0 Å². The first-order valence-electron chi connectivity index (χ1n) is 7.57. The first kappa shape index (κ1) is 17.0. The van der Waals surface area contributed by atoms with Gasteiger partial charge in [0.25, 0.3) is 5.91 Å². The molecule has 3 N–H and O–H groups in total. The van der Waals surface area contributed by atoms with Crippen molar-refractivity contribution in [3.05, 3.63) is 59.7 Å². The van der Waals surface area contributed by atoms with Gasteiger partial charge in [-0.3, -0.25) is 9.59 Å². The van der Waals surface area contributed by atoms with Crippen molar-refractivity contribution in [2.75, 3.05) is 22.5 Å². The molecule has 0 aromatic heterocycles. The molecular weight excluding hydrogens is 337 g/mol. The van der Waals surface area contributed by atoms with E-state index in [1.165, 1.54) is 23.3 Å². The van der Waals surface area contributed by atoms with E-state index in [4.69, 9.17) is 16.9 Å². The van der Waals surface area contributed by atoms with Gasteiger partial charge in [0.2, 0.25) is 0 Å². The van der Waals surface area contributed by atoms with E-state index in [-0.39, 0.29) is 34.9 Å². The van der Waals surface area contributed by atoms with Crippen LogP contribution in [0.3, 0.4) is 0 Å². The van der Waals surface area contributed by atoms with Gasteiger partial charge in [0.1, 0.15) is 12.0 Å². The number of carbonyl (C=O) groups is 2. The molecule has 7 heteroatoms. The Hall–Kier alpha value is -3.79. The molecule has 0 radical (unpaired) electrons. The molecule has 0 aliphatic carbocycles. The number of ether oxygens (including phenoxy) is 1. The van der Waals surface area contributed by atoms with Gasteiger partial charge < -0.3 is 20.7 Å². The molecule has 1 heterocycles. The van der Waals surface area contributed by atoms with E-state index in [1.807, 2.05) is 0 Å². The van der Waals surface area contributed by atoms with Crippen molar-refractivity contribution in [3.63, 3.8) is 0 Å². The third kappa shape index (κ3) is 3.08.